The van der Waals surface area contributed by atoms with Gasteiger partial charge in [-0.25, -0.2) is 4.79 Å². The molecule has 0 rings (SSSR count). The van der Waals surface area contributed by atoms with Crippen LogP contribution in [0.25, 0.3) is 0 Å². The Hall–Kier alpha value is -0.870. The van der Waals surface area contributed by atoms with Crippen LogP contribution in [0.1, 0.15) is 13.3 Å². The van der Waals surface area contributed by atoms with Crippen molar-refractivity contribution in [3.05, 3.63) is 12.2 Å². The van der Waals surface area contributed by atoms with Gasteiger partial charge in [0.15, 0.2) is 0 Å². The summed E-state index contributed by atoms with van der Waals surface area (Å²) >= 11 is 0. The lowest BCUT2D eigenvalue weighted by molar-refractivity contribution is -0.133. The van der Waals surface area contributed by atoms with Gasteiger partial charge in [-0.3, -0.25) is 0 Å². The summed E-state index contributed by atoms with van der Waals surface area (Å²) in [5.74, 6) is -1.24. The average Bonchev–Trinajstić information content (AvgIpc) is 1.84. The van der Waals surface area contributed by atoms with E-state index in [1.807, 2.05) is 0 Å². The van der Waals surface area contributed by atoms with Crippen molar-refractivity contribution in [2.24, 2.45) is 0 Å². The van der Waals surface area contributed by atoms with Crippen molar-refractivity contribution in [1.82, 2.24) is 0 Å². The lowest BCUT2D eigenvalue weighted by atomic mass is 10.1. The van der Waals surface area contributed by atoms with Crippen LogP contribution in [-0.4, -0.2) is 33.5 Å². The van der Waals surface area contributed by atoms with Crippen LogP contribution in [0.5, 0.6) is 0 Å². The number of aliphatic carboxylic acids is 1. The number of carboxylic acid groups (broad SMARTS) is 1. The lowest BCUT2D eigenvalue weighted by Gasteiger charge is -2.11. The molecular weight excluding hydrogens is 148 g/mol. The minimum Gasteiger partial charge on any atom is -0.478 e. The van der Waals surface area contributed by atoms with E-state index < -0.39 is 18.2 Å². The minimum atomic E-state index is -1.24. The van der Waals surface area contributed by atoms with Crippen LogP contribution >= 0.6 is 0 Å². The molecule has 3 N–H and O–H groups in total. The number of rotatable bonds is 4. The summed E-state index contributed by atoms with van der Waals surface area (Å²) in [5.41, 5.74) is -0.286. The average molecular weight is 160 g/mol. The second-order valence-electron chi connectivity index (χ2n) is 2.43. The molecule has 2 atom stereocenters. The van der Waals surface area contributed by atoms with E-state index in [1.54, 1.807) is 0 Å². The molecule has 2 unspecified atom stereocenters. The van der Waals surface area contributed by atoms with Crippen LogP contribution in [0.3, 0.4) is 0 Å². The number of hydrogen-bond donors (Lipinski definition) is 3. The Morgan fingerprint density at radius 1 is 1.55 bits per heavy atom. The van der Waals surface area contributed by atoms with E-state index in [9.17, 15) is 4.79 Å². The monoisotopic (exact) mass is 160 g/mol. The van der Waals surface area contributed by atoms with Gasteiger partial charge in [-0.1, -0.05) is 6.58 Å². The summed E-state index contributed by atoms with van der Waals surface area (Å²) in [6, 6.07) is 0. The summed E-state index contributed by atoms with van der Waals surface area (Å²) in [5, 5.41) is 26.1. The van der Waals surface area contributed by atoms with Gasteiger partial charge in [-0.15, -0.1) is 0 Å². The first-order valence-electron chi connectivity index (χ1n) is 3.23. The van der Waals surface area contributed by atoms with Crippen molar-refractivity contribution >= 4 is 5.97 Å². The fourth-order valence-electron chi connectivity index (χ4n) is 0.608. The topological polar surface area (TPSA) is 77.8 Å². The van der Waals surface area contributed by atoms with E-state index in [-0.39, 0.29) is 12.0 Å². The normalized spacial score (nSPS) is 15.5. The zero-order valence-electron chi connectivity index (χ0n) is 6.32. The van der Waals surface area contributed by atoms with Crippen LogP contribution < -0.4 is 0 Å². The van der Waals surface area contributed by atoms with Crippen LogP contribution in [0.4, 0.5) is 0 Å². The van der Waals surface area contributed by atoms with Gasteiger partial charge in [0.2, 0.25) is 0 Å². The molecule has 0 saturated heterocycles. The molecule has 0 heterocycles. The third-order valence-electron chi connectivity index (χ3n) is 1.24. The Balaban J connectivity index is 3.93. The van der Waals surface area contributed by atoms with Crippen molar-refractivity contribution in [3.63, 3.8) is 0 Å². The maximum Gasteiger partial charge on any atom is 0.333 e. The van der Waals surface area contributed by atoms with E-state index in [2.05, 4.69) is 6.58 Å². The third-order valence-corrected chi connectivity index (χ3v) is 1.24. The summed E-state index contributed by atoms with van der Waals surface area (Å²) in [6.45, 7) is 4.62. The number of aliphatic hydroxyl groups is 2. The van der Waals surface area contributed by atoms with Gasteiger partial charge in [0, 0.05) is 6.42 Å². The molecule has 0 fully saturated rings. The van der Waals surface area contributed by atoms with Gasteiger partial charge in [0.25, 0.3) is 0 Å². The first-order chi connectivity index (χ1) is 4.95. The molecule has 0 aliphatic rings. The van der Waals surface area contributed by atoms with E-state index in [0.29, 0.717) is 0 Å². The molecule has 64 valence electrons. The second kappa shape index (κ2) is 4.10. The van der Waals surface area contributed by atoms with Crippen molar-refractivity contribution in [2.45, 2.75) is 25.6 Å². The molecule has 0 saturated carbocycles. The van der Waals surface area contributed by atoms with Crippen molar-refractivity contribution in [2.75, 3.05) is 0 Å². The van der Waals surface area contributed by atoms with Gasteiger partial charge in [0.1, 0.15) is 0 Å². The highest BCUT2D eigenvalue weighted by Gasteiger charge is 2.16. The van der Waals surface area contributed by atoms with Gasteiger partial charge in [-0.05, 0) is 6.92 Å². The number of aliphatic hydroxyl groups excluding tert-OH is 2. The second-order valence-corrected chi connectivity index (χ2v) is 2.43. The number of hydrogen-bond acceptors (Lipinski definition) is 3. The molecule has 0 aliphatic carbocycles. The molecule has 0 aromatic heterocycles. The smallest absolute Gasteiger partial charge is 0.333 e. The summed E-state index contributed by atoms with van der Waals surface area (Å²) in [4.78, 5) is 10.2. The highest BCUT2D eigenvalue weighted by atomic mass is 16.4. The Morgan fingerprint density at radius 3 is 2.27 bits per heavy atom. The van der Waals surface area contributed by atoms with E-state index in [1.165, 1.54) is 6.92 Å². The Kier molecular flexibility index (Phi) is 3.78. The largest absolute Gasteiger partial charge is 0.478 e. The predicted octanol–water partition coefficient (Wildman–Crippen LogP) is -0.241. The summed E-state index contributed by atoms with van der Waals surface area (Å²) in [7, 11) is 0. The maximum atomic E-state index is 10.2. The fourth-order valence-corrected chi connectivity index (χ4v) is 0.608. The Bertz CT molecular complexity index is 162. The minimum absolute atomic E-state index is 0.00509. The molecule has 0 radical (unpaired) electrons. The van der Waals surface area contributed by atoms with E-state index in [4.69, 9.17) is 15.3 Å². The Morgan fingerprint density at radius 2 is 2.00 bits per heavy atom. The van der Waals surface area contributed by atoms with Crippen LogP contribution in [0, 0.1) is 0 Å². The molecule has 4 nitrogen and oxygen atoms in total. The molecule has 0 amide bonds. The van der Waals surface area contributed by atoms with Crippen LogP contribution in [-0.2, 0) is 4.79 Å². The third kappa shape index (κ3) is 3.75. The lowest BCUT2D eigenvalue weighted by Crippen LogP contribution is -2.21. The predicted molar refractivity (Wildman–Crippen MR) is 39.1 cm³/mol. The zero-order chi connectivity index (χ0) is 9.02. The van der Waals surface area contributed by atoms with Crippen molar-refractivity contribution in [1.29, 1.82) is 0 Å². The SMILES string of the molecule is C=C(C(=O)O)C(O)CC(C)O. The fraction of sp³-hybridized carbons (Fsp3) is 0.571. The first-order valence-corrected chi connectivity index (χ1v) is 3.23. The Labute approximate surface area is 64.8 Å². The van der Waals surface area contributed by atoms with Gasteiger partial charge >= 0.3 is 5.97 Å². The molecule has 4 heteroatoms. The van der Waals surface area contributed by atoms with Crippen LogP contribution in [0.2, 0.25) is 0 Å². The van der Waals surface area contributed by atoms with Crippen molar-refractivity contribution < 1.29 is 20.1 Å². The van der Waals surface area contributed by atoms with Gasteiger partial charge < -0.3 is 15.3 Å². The molecule has 0 aromatic carbocycles. The quantitative estimate of drug-likeness (QED) is 0.496. The van der Waals surface area contributed by atoms with Gasteiger partial charge in [-0.2, -0.15) is 0 Å². The zero-order valence-corrected chi connectivity index (χ0v) is 6.32. The number of carboxylic acids is 1. The molecular formula is C7H12O4. The molecule has 0 bridgehead atoms. The number of carbonyl (C=O) groups is 1. The molecule has 11 heavy (non-hydrogen) atoms. The highest BCUT2D eigenvalue weighted by molar-refractivity contribution is 5.86. The van der Waals surface area contributed by atoms with E-state index in [0.717, 1.165) is 0 Å². The van der Waals surface area contributed by atoms with Crippen molar-refractivity contribution in [3.8, 4) is 0 Å². The standard InChI is InChI=1S/C7H12O4/c1-4(8)3-6(9)5(2)7(10)11/h4,6,8-9H,2-3H2,1H3,(H,10,11). The first kappa shape index (κ1) is 10.1. The van der Waals surface area contributed by atoms with Gasteiger partial charge in [0.05, 0.1) is 17.8 Å². The maximum absolute atomic E-state index is 10.2. The molecule has 0 aromatic rings. The van der Waals surface area contributed by atoms with Crippen LogP contribution in [0.15, 0.2) is 12.2 Å². The summed E-state index contributed by atoms with van der Waals surface area (Å²) < 4.78 is 0. The summed E-state index contributed by atoms with van der Waals surface area (Å²) in [6.07, 6.45) is -1.88. The van der Waals surface area contributed by atoms with E-state index >= 15 is 0 Å². The highest BCUT2D eigenvalue weighted by Crippen LogP contribution is 2.06. The molecule has 0 aliphatic heterocycles. The molecule has 0 spiro atoms.